The molecule has 1 aromatic carbocycles. The first kappa shape index (κ1) is 17.2. The van der Waals surface area contributed by atoms with Gasteiger partial charge in [0.05, 0.1) is 19.1 Å². The molecule has 0 amide bonds. The fourth-order valence-electron chi connectivity index (χ4n) is 3.23. The molecule has 1 saturated carbocycles. The average Bonchev–Trinajstić information content (AvgIpc) is 2.94. The van der Waals surface area contributed by atoms with Gasteiger partial charge in [-0.05, 0) is 36.6 Å². The first-order valence-corrected chi connectivity index (χ1v) is 9.52. The molecule has 1 heterocycles. The third-order valence-electron chi connectivity index (χ3n) is 4.62. The van der Waals surface area contributed by atoms with E-state index in [-0.39, 0.29) is 0 Å². The van der Waals surface area contributed by atoms with Crippen molar-refractivity contribution in [1.82, 2.24) is 10.3 Å². The van der Waals surface area contributed by atoms with Crippen LogP contribution in [0.5, 0.6) is 11.5 Å². The zero-order valence-electron chi connectivity index (χ0n) is 14.5. The van der Waals surface area contributed by atoms with Crippen LogP contribution in [0.3, 0.4) is 0 Å². The van der Waals surface area contributed by atoms with Crippen molar-refractivity contribution >= 4 is 11.3 Å². The summed E-state index contributed by atoms with van der Waals surface area (Å²) in [7, 11) is 3.32. The fourth-order valence-corrected chi connectivity index (χ4v) is 4.10. The first-order valence-electron chi connectivity index (χ1n) is 8.70. The Morgan fingerprint density at radius 3 is 2.54 bits per heavy atom. The highest BCUT2D eigenvalue weighted by Crippen LogP contribution is 2.34. The number of aromatic nitrogens is 1. The maximum Gasteiger partial charge on any atom is 0.161 e. The number of methoxy groups -OCH3 is 2. The Morgan fingerprint density at radius 1 is 1.08 bits per heavy atom. The lowest BCUT2D eigenvalue weighted by molar-refractivity contribution is 0.355. The summed E-state index contributed by atoms with van der Waals surface area (Å²) in [5, 5.41) is 4.83. The molecule has 0 atom stereocenters. The number of hydrogen-bond donors (Lipinski definition) is 1. The number of ether oxygens (including phenoxy) is 2. The van der Waals surface area contributed by atoms with E-state index in [1.165, 1.54) is 38.5 Å². The molecule has 24 heavy (non-hydrogen) atoms. The highest BCUT2D eigenvalue weighted by molar-refractivity contribution is 7.15. The maximum atomic E-state index is 5.39. The summed E-state index contributed by atoms with van der Waals surface area (Å²) in [6.45, 7) is 0.864. The smallest absolute Gasteiger partial charge is 0.161 e. The molecule has 2 aromatic rings. The van der Waals surface area contributed by atoms with Crippen LogP contribution < -0.4 is 14.8 Å². The van der Waals surface area contributed by atoms with Gasteiger partial charge in [-0.3, -0.25) is 0 Å². The van der Waals surface area contributed by atoms with Gasteiger partial charge < -0.3 is 14.8 Å². The summed E-state index contributed by atoms with van der Waals surface area (Å²) >= 11 is 1.74. The molecular formula is C19H26N2O2S. The SMILES string of the molecule is COc1ccc(-c2cnc(CNC3CCCCCC3)s2)cc1OC. The highest BCUT2D eigenvalue weighted by Gasteiger charge is 2.13. The van der Waals surface area contributed by atoms with Gasteiger partial charge in [-0.25, -0.2) is 4.98 Å². The predicted molar refractivity (Wildman–Crippen MR) is 99.0 cm³/mol. The Bertz CT molecular complexity index is 649. The van der Waals surface area contributed by atoms with Crippen molar-refractivity contribution in [3.05, 3.63) is 29.4 Å². The van der Waals surface area contributed by atoms with Gasteiger partial charge in [0.25, 0.3) is 0 Å². The Morgan fingerprint density at radius 2 is 1.83 bits per heavy atom. The fraction of sp³-hybridized carbons (Fsp3) is 0.526. The predicted octanol–water partition coefficient (Wildman–Crippen LogP) is 4.64. The molecule has 0 spiro atoms. The van der Waals surface area contributed by atoms with E-state index < -0.39 is 0 Å². The molecule has 0 bridgehead atoms. The maximum absolute atomic E-state index is 5.39. The molecule has 3 rings (SSSR count). The topological polar surface area (TPSA) is 43.4 Å². The van der Waals surface area contributed by atoms with Gasteiger partial charge in [0, 0.05) is 18.8 Å². The van der Waals surface area contributed by atoms with Gasteiger partial charge in [0.15, 0.2) is 11.5 Å². The number of rotatable bonds is 6. The van der Waals surface area contributed by atoms with Gasteiger partial charge in [0.2, 0.25) is 0 Å². The molecule has 0 radical (unpaired) electrons. The lowest BCUT2D eigenvalue weighted by Gasteiger charge is -2.14. The summed E-state index contributed by atoms with van der Waals surface area (Å²) in [5.74, 6) is 1.50. The second-order valence-electron chi connectivity index (χ2n) is 6.26. The molecule has 1 fully saturated rings. The van der Waals surface area contributed by atoms with Crippen LogP contribution in [0.25, 0.3) is 10.4 Å². The van der Waals surface area contributed by atoms with E-state index >= 15 is 0 Å². The van der Waals surface area contributed by atoms with Crippen molar-refractivity contribution in [3.8, 4) is 21.9 Å². The Labute approximate surface area is 148 Å². The molecule has 0 unspecified atom stereocenters. The summed E-state index contributed by atoms with van der Waals surface area (Å²) in [5.41, 5.74) is 1.12. The van der Waals surface area contributed by atoms with Crippen molar-refractivity contribution in [2.75, 3.05) is 14.2 Å². The van der Waals surface area contributed by atoms with E-state index in [0.29, 0.717) is 6.04 Å². The summed E-state index contributed by atoms with van der Waals surface area (Å²) < 4.78 is 10.7. The van der Waals surface area contributed by atoms with E-state index in [9.17, 15) is 0 Å². The van der Waals surface area contributed by atoms with E-state index in [1.807, 2.05) is 18.3 Å². The van der Waals surface area contributed by atoms with Gasteiger partial charge >= 0.3 is 0 Å². The minimum atomic E-state index is 0.654. The molecule has 1 aromatic heterocycles. The largest absolute Gasteiger partial charge is 0.493 e. The van der Waals surface area contributed by atoms with Gasteiger partial charge in [-0.1, -0.05) is 25.7 Å². The molecule has 1 aliphatic carbocycles. The molecule has 1 aliphatic rings. The third-order valence-corrected chi connectivity index (χ3v) is 5.67. The molecular weight excluding hydrogens is 320 g/mol. The number of nitrogens with one attached hydrogen (secondary N) is 1. The lowest BCUT2D eigenvalue weighted by Crippen LogP contribution is -2.27. The molecule has 0 aliphatic heterocycles. The van der Waals surface area contributed by atoms with Crippen LogP contribution in [0.2, 0.25) is 0 Å². The summed E-state index contributed by atoms with van der Waals surface area (Å²) in [6.07, 6.45) is 10.0. The zero-order valence-corrected chi connectivity index (χ0v) is 15.3. The number of nitrogens with zero attached hydrogens (tertiary/aromatic N) is 1. The van der Waals surface area contributed by atoms with Crippen LogP contribution in [-0.4, -0.2) is 25.2 Å². The van der Waals surface area contributed by atoms with Crippen molar-refractivity contribution in [2.24, 2.45) is 0 Å². The van der Waals surface area contributed by atoms with Crippen molar-refractivity contribution in [3.63, 3.8) is 0 Å². The van der Waals surface area contributed by atoms with Crippen LogP contribution in [0, 0.1) is 0 Å². The van der Waals surface area contributed by atoms with E-state index in [2.05, 4.69) is 16.4 Å². The minimum Gasteiger partial charge on any atom is -0.493 e. The second-order valence-corrected chi connectivity index (χ2v) is 7.37. The number of benzene rings is 1. The minimum absolute atomic E-state index is 0.654. The van der Waals surface area contributed by atoms with E-state index in [1.54, 1.807) is 25.6 Å². The van der Waals surface area contributed by atoms with Crippen molar-refractivity contribution in [2.45, 2.75) is 51.1 Å². The Hall–Kier alpha value is -1.59. The number of hydrogen-bond acceptors (Lipinski definition) is 5. The quantitative estimate of drug-likeness (QED) is 0.774. The molecule has 4 nitrogen and oxygen atoms in total. The third kappa shape index (κ3) is 4.28. The van der Waals surface area contributed by atoms with Crippen molar-refractivity contribution in [1.29, 1.82) is 0 Å². The van der Waals surface area contributed by atoms with Crippen LogP contribution in [0.4, 0.5) is 0 Å². The standard InChI is InChI=1S/C19H26N2O2S/c1-22-16-10-9-14(11-17(16)23-2)18-12-21-19(24-18)13-20-15-7-5-3-4-6-8-15/h9-12,15,20H,3-8,13H2,1-2H3. The van der Waals surface area contributed by atoms with Crippen molar-refractivity contribution < 1.29 is 9.47 Å². The molecule has 1 N–H and O–H groups in total. The van der Waals surface area contributed by atoms with Gasteiger partial charge in [-0.15, -0.1) is 11.3 Å². The first-order chi connectivity index (χ1) is 11.8. The average molecular weight is 346 g/mol. The number of thiazole rings is 1. The molecule has 130 valence electrons. The molecule has 5 heteroatoms. The highest BCUT2D eigenvalue weighted by atomic mass is 32.1. The van der Waals surface area contributed by atoms with Gasteiger partial charge in [0.1, 0.15) is 5.01 Å². The van der Waals surface area contributed by atoms with E-state index in [0.717, 1.165) is 33.5 Å². The lowest BCUT2D eigenvalue weighted by atomic mass is 10.1. The summed E-state index contributed by atoms with van der Waals surface area (Å²) in [6, 6.07) is 6.66. The van der Waals surface area contributed by atoms with Crippen LogP contribution in [-0.2, 0) is 6.54 Å². The van der Waals surface area contributed by atoms with Crippen LogP contribution >= 0.6 is 11.3 Å². The van der Waals surface area contributed by atoms with Gasteiger partial charge in [-0.2, -0.15) is 0 Å². The van der Waals surface area contributed by atoms with E-state index in [4.69, 9.17) is 9.47 Å². The van der Waals surface area contributed by atoms with Crippen LogP contribution in [0.15, 0.2) is 24.4 Å². The monoisotopic (exact) mass is 346 g/mol. The zero-order chi connectivity index (χ0) is 16.8. The normalized spacial score (nSPS) is 15.9. The Balaban J connectivity index is 1.64. The van der Waals surface area contributed by atoms with Crippen LogP contribution in [0.1, 0.15) is 43.5 Å². The molecule has 0 saturated heterocycles. The summed E-state index contributed by atoms with van der Waals surface area (Å²) in [4.78, 5) is 5.74. The second kappa shape index (κ2) is 8.49. The Kier molecular flexibility index (Phi) is 6.10.